The third-order valence-electron chi connectivity index (χ3n) is 3.72. The third kappa shape index (κ3) is 6.22. The zero-order chi connectivity index (χ0) is 18.3. The number of sulfonamides is 1. The SMILES string of the molecule is Cc1ccc(S(=O)(=O)NCCCNC(=O)CCc2scnc2C)cc1. The van der Waals surface area contributed by atoms with Crippen molar-refractivity contribution in [2.24, 2.45) is 0 Å². The topological polar surface area (TPSA) is 88.2 Å². The molecule has 2 N–H and O–H groups in total. The highest BCUT2D eigenvalue weighted by atomic mass is 32.2. The van der Waals surface area contributed by atoms with Gasteiger partial charge in [0.05, 0.1) is 16.1 Å². The van der Waals surface area contributed by atoms with Gasteiger partial charge in [-0.05, 0) is 38.8 Å². The second kappa shape index (κ2) is 9.07. The molecule has 1 heterocycles. The van der Waals surface area contributed by atoms with Crippen LogP contribution in [0, 0.1) is 13.8 Å². The molecule has 0 atom stereocenters. The van der Waals surface area contributed by atoms with Crippen molar-refractivity contribution in [1.29, 1.82) is 0 Å². The van der Waals surface area contributed by atoms with E-state index < -0.39 is 10.0 Å². The van der Waals surface area contributed by atoms with Gasteiger partial charge in [0.1, 0.15) is 0 Å². The highest BCUT2D eigenvalue weighted by Gasteiger charge is 2.12. The number of nitrogens with zero attached hydrogens (tertiary/aromatic N) is 1. The Labute approximate surface area is 152 Å². The molecular formula is C17H23N3O3S2. The minimum atomic E-state index is -3.49. The number of nitrogens with one attached hydrogen (secondary N) is 2. The van der Waals surface area contributed by atoms with Crippen LogP contribution in [-0.4, -0.2) is 32.4 Å². The first-order valence-corrected chi connectivity index (χ1v) is 10.5. The van der Waals surface area contributed by atoms with Gasteiger partial charge in [-0.2, -0.15) is 0 Å². The number of carbonyl (C=O) groups excluding carboxylic acids is 1. The van der Waals surface area contributed by atoms with E-state index in [1.54, 1.807) is 41.1 Å². The van der Waals surface area contributed by atoms with E-state index in [0.29, 0.717) is 25.8 Å². The lowest BCUT2D eigenvalue weighted by molar-refractivity contribution is -0.121. The molecule has 1 amide bonds. The summed E-state index contributed by atoms with van der Waals surface area (Å²) in [5.41, 5.74) is 3.77. The molecule has 0 saturated heterocycles. The Morgan fingerprint density at radius 2 is 1.88 bits per heavy atom. The van der Waals surface area contributed by atoms with Gasteiger partial charge < -0.3 is 5.32 Å². The average molecular weight is 382 g/mol. The van der Waals surface area contributed by atoms with Crippen molar-refractivity contribution >= 4 is 27.3 Å². The average Bonchev–Trinajstić information content (AvgIpc) is 2.98. The number of hydrogen-bond donors (Lipinski definition) is 2. The van der Waals surface area contributed by atoms with E-state index in [1.807, 2.05) is 13.8 Å². The van der Waals surface area contributed by atoms with E-state index in [0.717, 1.165) is 16.1 Å². The number of amides is 1. The fraction of sp³-hybridized carbons (Fsp3) is 0.412. The Hall–Kier alpha value is -1.77. The Kier molecular flexibility index (Phi) is 7.10. The van der Waals surface area contributed by atoms with Gasteiger partial charge in [-0.3, -0.25) is 4.79 Å². The summed E-state index contributed by atoms with van der Waals surface area (Å²) in [4.78, 5) is 17.3. The summed E-state index contributed by atoms with van der Waals surface area (Å²) in [5, 5.41) is 2.81. The highest BCUT2D eigenvalue weighted by molar-refractivity contribution is 7.89. The number of aryl methyl sites for hydroxylation is 3. The number of thiazole rings is 1. The van der Waals surface area contributed by atoms with Crippen molar-refractivity contribution in [1.82, 2.24) is 15.0 Å². The molecular weight excluding hydrogens is 358 g/mol. The van der Waals surface area contributed by atoms with Crippen LogP contribution in [0.2, 0.25) is 0 Å². The lowest BCUT2D eigenvalue weighted by atomic mass is 10.2. The molecule has 1 aromatic carbocycles. The van der Waals surface area contributed by atoms with Gasteiger partial charge in [0.15, 0.2) is 0 Å². The molecule has 25 heavy (non-hydrogen) atoms. The third-order valence-corrected chi connectivity index (χ3v) is 6.19. The summed E-state index contributed by atoms with van der Waals surface area (Å²) in [5.74, 6) is -0.0332. The van der Waals surface area contributed by atoms with Crippen LogP contribution < -0.4 is 10.0 Å². The van der Waals surface area contributed by atoms with Crippen LogP contribution in [0.3, 0.4) is 0 Å². The first kappa shape index (κ1) is 19.6. The van der Waals surface area contributed by atoms with E-state index in [4.69, 9.17) is 0 Å². The van der Waals surface area contributed by atoms with Gasteiger partial charge in [0.2, 0.25) is 15.9 Å². The molecule has 0 saturated carbocycles. The largest absolute Gasteiger partial charge is 0.356 e. The molecule has 0 aliphatic carbocycles. The van der Waals surface area contributed by atoms with Crippen molar-refractivity contribution in [3.63, 3.8) is 0 Å². The maximum atomic E-state index is 12.1. The molecule has 0 spiro atoms. The van der Waals surface area contributed by atoms with Gasteiger partial charge in [-0.25, -0.2) is 18.1 Å². The van der Waals surface area contributed by atoms with Crippen LogP contribution in [-0.2, 0) is 21.2 Å². The molecule has 0 aliphatic heterocycles. The van der Waals surface area contributed by atoms with Gasteiger partial charge in [0, 0.05) is 24.4 Å². The number of rotatable bonds is 9. The predicted octanol–water partition coefficient (Wildman–Crippen LogP) is 2.18. The molecule has 136 valence electrons. The second-order valence-corrected chi connectivity index (χ2v) is 8.48. The van der Waals surface area contributed by atoms with Crippen molar-refractivity contribution in [3.05, 3.63) is 45.9 Å². The first-order chi connectivity index (χ1) is 11.9. The van der Waals surface area contributed by atoms with E-state index in [-0.39, 0.29) is 17.3 Å². The highest BCUT2D eigenvalue weighted by Crippen LogP contribution is 2.14. The molecule has 8 heteroatoms. The molecule has 0 unspecified atom stereocenters. The summed E-state index contributed by atoms with van der Waals surface area (Å²) >= 11 is 1.56. The number of aromatic nitrogens is 1. The van der Waals surface area contributed by atoms with Crippen LogP contribution >= 0.6 is 11.3 Å². The molecule has 0 fully saturated rings. The van der Waals surface area contributed by atoms with Gasteiger partial charge in [0.25, 0.3) is 0 Å². The number of hydrogen-bond acceptors (Lipinski definition) is 5. The second-order valence-electron chi connectivity index (χ2n) is 5.78. The minimum absolute atomic E-state index is 0.0332. The fourth-order valence-corrected chi connectivity index (χ4v) is 4.06. The first-order valence-electron chi connectivity index (χ1n) is 8.10. The van der Waals surface area contributed by atoms with Crippen LogP contribution in [0.25, 0.3) is 0 Å². The number of carbonyl (C=O) groups is 1. The molecule has 0 radical (unpaired) electrons. The van der Waals surface area contributed by atoms with Crippen LogP contribution in [0.5, 0.6) is 0 Å². The van der Waals surface area contributed by atoms with E-state index in [9.17, 15) is 13.2 Å². The van der Waals surface area contributed by atoms with Crippen LogP contribution in [0.15, 0.2) is 34.7 Å². The molecule has 2 rings (SSSR count). The summed E-state index contributed by atoms with van der Waals surface area (Å²) in [6.45, 7) is 4.56. The Balaban J connectivity index is 1.64. The Morgan fingerprint density at radius 3 is 2.52 bits per heavy atom. The van der Waals surface area contributed by atoms with Crippen molar-refractivity contribution < 1.29 is 13.2 Å². The van der Waals surface area contributed by atoms with E-state index >= 15 is 0 Å². The zero-order valence-corrected chi connectivity index (χ0v) is 16.0. The fourth-order valence-electron chi connectivity index (χ4n) is 2.21. The maximum absolute atomic E-state index is 12.1. The number of benzene rings is 1. The predicted molar refractivity (Wildman–Crippen MR) is 99.2 cm³/mol. The standard InChI is InChI=1S/C17H23N3O3S2/c1-13-4-6-15(7-5-13)25(22,23)20-11-3-10-18-17(21)9-8-16-14(2)19-12-24-16/h4-7,12,20H,3,8-11H2,1-2H3,(H,18,21). The summed E-state index contributed by atoms with van der Waals surface area (Å²) in [6.07, 6.45) is 1.64. The van der Waals surface area contributed by atoms with Gasteiger partial charge >= 0.3 is 0 Å². The molecule has 0 aliphatic rings. The summed E-state index contributed by atoms with van der Waals surface area (Å²) in [6, 6.07) is 6.70. The van der Waals surface area contributed by atoms with Crippen LogP contribution in [0.1, 0.15) is 29.0 Å². The maximum Gasteiger partial charge on any atom is 0.240 e. The monoisotopic (exact) mass is 381 g/mol. The van der Waals surface area contributed by atoms with E-state index in [2.05, 4.69) is 15.0 Å². The van der Waals surface area contributed by atoms with Gasteiger partial charge in [-0.15, -0.1) is 11.3 Å². The minimum Gasteiger partial charge on any atom is -0.356 e. The normalized spacial score (nSPS) is 11.4. The smallest absolute Gasteiger partial charge is 0.240 e. The van der Waals surface area contributed by atoms with Crippen LogP contribution in [0.4, 0.5) is 0 Å². The molecule has 2 aromatic rings. The molecule has 6 nitrogen and oxygen atoms in total. The Bertz CT molecular complexity index is 799. The lowest BCUT2D eigenvalue weighted by Gasteiger charge is -2.08. The summed E-state index contributed by atoms with van der Waals surface area (Å²) < 4.78 is 26.8. The van der Waals surface area contributed by atoms with Crippen molar-refractivity contribution in [2.75, 3.05) is 13.1 Å². The van der Waals surface area contributed by atoms with Gasteiger partial charge in [-0.1, -0.05) is 17.7 Å². The van der Waals surface area contributed by atoms with Crippen molar-refractivity contribution in [2.45, 2.75) is 38.0 Å². The zero-order valence-electron chi connectivity index (χ0n) is 14.4. The van der Waals surface area contributed by atoms with E-state index in [1.165, 1.54) is 0 Å². The molecule has 1 aromatic heterocycles. The Morgan fingerprint density at radius 1 is 1.16 bits per heavy atom. The quantitative estimate of drug-likeness (QED) is 0.652. The van der Waals surface area contributed by atoms with Crippen molar-refractivity contribution in [3.8, 4) is 0 Å². The molecule has 0 bridgehead atoms. The summed E-state index contributed by atoms with van der Waals surface area (Å²) in [7, 11) is -3.49. The lowest BCUT2D eigenvalue weighted by Crippen LogP contribution is -2.30.